The van der Waals surface area contributed by atoms with Gasteiger partial charge in [-0.3, -0.25) is 0 Å². The highest BCUT2D eigenvalue weighted by atomic mass is 35.5. The molecule has 1 aliphatic heterocycles. The Hall–Kier alpha value is -1.22. The summed E-state index contributed by atoms with van der Waals surface area (Å²) in [4.78, 5) is 14.3. The third-order valence-electron chi connectivity index (χ3n) is 3.85. The number of piperidine rings is 1. The van der Waals surface area contributed by atoms with E-state index in [4.69, 9.17) is 11.6 Å². The van der Waals surface area contributed by atoms with Gasteiger partial charge >= 0.3 is 6.03 Å². The average molecular weight is 281 g/mol. The molecule has 1 aliphatic rings. The number of amides is 2. The third kappa shape index (κ3) is 3.21. The van der Waals surface area contributed by atoms with Crippen molar-refractivity contribution in [3.8, 4) is 0 Å². The van der Waals surface area contributed by atoms with Crippen LogP contribution >= 0.6 is 11.6 Å². The number of nitrogens with zero attached hydrogens (tertiary/aromatic N) is 1. The summed E-state index contributed by atoms with van der Waals surface area (Å²) in [5, 5.41) is 3.62. The standard InChI is InChI=1S/C15H21ClN2O/c1-10-7-8-13(9-14(10)16)17-15(19)18-11(2)5-4-6-12(18)3/h7-9,11-12H,4-6H2,1-3H3,(H,17,19). The highest BCUT2D eigenvalue weighted by Gasteiger charge is 2.28. The van der Waals surface area contributed by atoms with Crippen molar-refractivity contribution in [3.05, 3.63) is 28.8 Å². The lowest BCUT2D eigenvalue weighted by molar-refractivity contribution is 0.133. The molecule has 0 saturated carbocycles. The van der Waals surface area contributed by atoms with Gasteiger partial charge < -0.3 is 10.2 Å². The van der Waals surface area contributed by atoms with Crippen molar-refractivity contribution < 1.29 is 4.79 Å². The number of nitrogens with one attached hydrogen (secondary N) is 1. The van der Waals surface area contributed by atoms with Gasteiger partial charge in [0.2, 0.25) is 0 Å². The van der Waals surface area contributed by atoms with Crippen molar-refractivity contribution in [2.45, 2.75) is 52.1 Å². The van der Waals surface area contributed by atoms with Crippen LogP contribution in [0.5, 0.6) is 0 Å². The summed E-state index contributed by atoms with van der Waals surface area (Å²) < 4.78 is 0. The molecule has 2 rings (SSSR count). The smallest absolute Gasteiger partial charge is 0.319 e. The minimum Gasteiger partial charge on any atom is -0.319 e. The number of hydrogen-bond donors (Lipinski definition) is 1. The molecule has 0 bridgehead atoms. The SMILES string of the molecule is Cc1ccc(NC(=O)N2C(C)CCCC2C)cc1Cl. The Morgan fingerprint density at radius 3 is 2.53 bits per heavy atom. The van der Waals surface area contributed by atoms with Crippen molar-refractivity contribution in [1.82, 2.24) is 4.90 Å². The Balaban J connectivity index is 2.09. The first-order valence-electron chi connectivity index (χ1n) is 6.84. The third-order valence-corrected chi connectivity index (χ3v) is 4.26. The molecule has 1 aromatic carbocycles. The summed E-state index contributed by atoms with van der Waals surface area (Å²) in [6.45, 7) is 6.16. The van der Waals surface area contributed by atoms with E-state index in [1.807, 2.05) is 24.0 Å². The molecule has 2 amide bonds. The number of rotatable bonds is 1. The highest BCUT2D eigenvalue weighted by Crippen LogP contribution is 2.25. The lowest BCUT2D eigenvalue weighted by atomic mass is 9.98. The van der Waals surface area contributed by atoms with Gasteiger partial charge in [0.15, 0.2) is 0 Å². The molecule has 1 N–H and O–H groups in total. The van der Waals surface area contributed by atoms with E-state index < -0.39 is 0 Å². The molecule has 3 nitrogen and oxygen atoms in total. The Bertz CT molecular complexity index is 465. The summed E-state index contributed by atoms with van der Waals surface area (Å²) in [7, 11) is 0. The van der Waals surface area contributed by atoms with E-state index in [-0.39, 0.29) is 6.03 Å². The number of carbonyl (C=O) groups is 1. The molecule has 0 aromatic heterocycles. The number of anilines is 1. The van der Waals surface area contributed by atoms with E-state index in [1.165, 1.54) is 6.42 Å². The minimum absolute atomic E-state index is 0.0281. The van der Waals surface area contributed by atoms with Crippen molar-refractivity contribution in [2.75, 3.05) is 5.32 Å². The monoisotopic (exact) mass is 280 g/mol. The predicted molar refractivity (Wildman–Crippen MR) is 79.8 cm³/mol. The van der Waals surface area contributed by atoms with Gasteiger partial charge in [0.25, 0.3) is 0 Å². The summed E-state index contributed by atoms with van der Waals surface area (Å²) in [5.74, 6) is 0. The second-order valence-electron chi connectivity index (χ2n) is 5.43. The van der Waals surface area contributed by atoms with Crippen molar-refractivity contribution >= 4 is 23.3 Å². The molecule has 0 aliphatic carbocycles. The van der Waals surface area contributed by atoms with Gasteiger partial charge in [0, 0.05) is 22.8 Å². The molecule has 2 atom stereocenters. The van der Waals surface area contributed by atoms with E-state index in [1.54, 1.807) is 6.07 Å². The number of halogens is 1. The first kappa shape index (κ1) is 14.2. The molecular formula is C15H21ClN2O. The molecule has 1 heterocycles. The van der Waals surface area contributed by atoms with Gasteiger partial charge in [-0.15, -0.1) is 0 Å². The summed E-state index contributed by atoms with van der Waals surface area (Å²) >= 11 is 6.08. The lowest BCUT2D eigenvalue weighted by Gasteiger charge is -2.38. The number of carbonyl (C=O) groups excluding carboxylic acids is 1. The summed E-state index contributed by atoms with van der Waals surface area (Å²) in [5.41, 5.74) is 1.77. The molecule has 1 aromatic rings. The Kier molecular flexibility index (Phi) is 4.35. The van der Waals surface area contributed by atoms with E-state index in [0.29, 0.717) is 17.1 Å². The lowest BCUT2D eigenvalue weighted by Crippen LogP contribution is -2.49. The van der Waals surface area contributed by atoms with Gasteiger partial charge in [0.05, 0.1) is 0 Å². The van der Waals surface area contributed by atoms with Gasteiger partial charge in [0.1, 0.15) is 0 Å². The zero-order valence-corrected chi connectivity index (χ0v) is 12.5. The van der Waals surface area contributed by atoms with Crippen molar-refractivity contribution in [3.63, 3.8) is 0 Å². The highest BCUT2D eigenvalue weighted by molar-refractivity contribution is 6.31. The summed E-state index contributed by atoms with van der Waals surface area (Å²) in [6, 6.07) is 6.17. The summed E-state index contributed by atoms with van der Waals surface area (Å²) in [6.07, 6.45) is 3.35. The van der Waals surface area contributed by atoms with Gasteiger partial charge in [-0.25, -0.2) is 4.79 Å². The molecule has 1 fully saturated rings. The Morgan fingerprint density at radius 2 is 1.95 bits per heavy atom. The molecule has 0 spiro atoms. The maximum absolute atomic E-state index is 12.4. The fourth-order valence-electron chi connectivity index (χ4n) is 2.68. The van der Waals surface area contributed by atoms with Gasteiger partial charge in [-0.1, -0.05) is 17.7 Å². The van der Waals surface area contributed by atoms with Crippen LogP contribution in [-0.2, 0) is 0 Å². The van der Waals surface area contributed by atoms with Crippen LogP contribution in [0, 0.1) is 6.92 Å². The van der Waals surface area contributed by atoms with E-state index in [0.717, 1.165) is 24.1 Å². The molecule has 2 unspecified atom stereocenters. The molecule has 4 heteroatoms. The quantitative estimate of drug-likeness (QED) is 0.810. The molecule has 1 saturated heterocycles. The van der Waals surface area contributed by atoms with E-state index >= 15 is 0 Å². The maximum Gasteiger partial charge on any atom is 0.322 e. The number of hydrogen-bond acceptors (Lipinski definition) is 1. The van der Waals surface area contributed by atoms with Crippen LogP contribution in [-0.4, -0.2) is 23.0 Å². The van der Waals surface area contributed by atoms with Crippen LogP contribution < -0.4 is 5.32 Å². The molecule has 0 radical (unpaired) electrons. The predicted octanol–water partition coefficient (Wildman–Crippen LogP) is 4.44. The fraction of sp³-hybridized carbons (Fsp3) is 0.533. The first-order chi connectivity index (χ1) is 8.99. The van der Waals surface area contributed by atoms with E-state index in [2.05, 4.69) is 19.2 Å². The van der Waals surface area contributed by atoms with Crippen LogP contribution in [0.25, 0.3) is 0 Å². The maximum atomic E-state index is 12.4. The second-order valence-corrected chi connectivity index (χ2v) is 5.84. The molecule has 19 heavy (non-hydrogen) atoms. The van der Waals surface area contributed by atoms with Crippen molar-refractivity contribution in [1.29, 1.82) is 0 Å². The van der Waals surface area contributed by atoms with Crippen LogP contribution in [0.2, 0.25) is 5.02 Å². The molecular weight excluding hydrogens is 260 g/mol. The number of aryl methyl sites for hydroxylation is 1. The van der Waals surface area contributed by atoms with Crippen LogP contribution in [0.3, 0.4) is 0 Å². The first-order valence-corrected chi connectivity index (χ1v) is 7.22. The number of likely N-dealkylation sites (tertiary alicyclic amines) is 1. The minimum atomic E-state index is -0.0281. The Morgan fingerprint density at radius 1 is 1.32 bits per heavy atom. The normalized spacial score (nSPS) is 23.3. The Labute approximate surface area is 119 Å². The number of benzene rings is 1. The molecule has 104 valence electrons. The van der Waals surface area contributed by atoms with Gasteiger partial charge in [-0.2, -0.15) is 0 Å². The van der Waals surface area contributed by atoms with Gasteiger partial charge in [-0.05, 0) is 57.7 Å². The van der Waals surface area contributed by atoms with Crippen LogP contribution in [0.15, 0.2) is 18.2 Å². The largest absolute Gasteiger partial charge is 0.322 e. The fourth-order valence-corrected chi connectivity index (χ4v) is 2.86. The average Bonchev–Trinajstić information content (AvgIpc) is 2.33. The zero-order valence-electron chi connectivity index (χ0n) is 11.7. The van der Waals surface area contributed by atoms with E-state index in [9.17, 15) is 4.79 Å². The van der Waals surface area contributed by atoms with Crippen molar-refractivity contribution in [2.24, 2.45) is 0 Å². The van der Waals surface area contributed by atoms with Crippen LogP contribution in [0.4, 0.5) is 10.5 Å². The zero-order chi connectivity index (χ0) is 14.0. The second kappa shape index (κ2) is 5.83. The topological polar surface area (TPSA) is 32.3 Å². The van der Waals surface area contributed by atoms with Crippen LogP contribution in [0.1, 0.15) is 38.7 Å². The number of urea groups is 1.